The molecular formula is C22H28N2O3. The highest BCUT2D eigenvalue weighted by atomic mass is 16.5. The second-order valence-electron chi connectivity index (χ2n) is 6.58. The molecule has 0 heterocycles. The summed E-state index contributed by atoms with van der Waals surface area (Å²) in [5.74, 6) is 0.581. The first-order valence-corrected chi connectivity index (χ1v) is 9.30. The third kappa shape index (κ3) is 6.77. The number of hydrogen-bond donors (Lipinski definition) is 2. The summed E-state index contributed by atoms with van der Waals surface area (Å²) in [7, 11) is 0. The van der Waals surface area contributed by atoms with Crippen molar-refractivity contribution in [3.05, 3.63) is 65.2 Å². The van der Waals surface area contributed by atoms with Crippen molar-refractivity contribution in [1.29, 1.82) is 0 Å². The molecule has 0 aliphatic rings. The predicted molar refractivity (Wildman–Crippen MR) is 106 cm³/mol. The molecule has 2 N–H and O–H groups in total. The van der Waals surface area contributed by atoms with Crippen molar-refractivity contribution in [2.45, 2.75) is 46.2 Å². The normalized spacial score (nSPS) is 11.5. The van der Waals surface area contributed by atoms with E-state index in [0.29, 0.717) is 13.2 Å². The lowest BCUT2D eigenvalue weighted by Gasteiger charge is -2.18. The summed E-state index contributed by atoms with van der Waals surface area (Å²) in [6, 6.07) is 15.1. The van der Waals surface area contributed by atoms with Crippen molar-refractivity contribution in [2.24, 2.45) is 0 Å². The topological polar surface area (TPSA) is 67.4 Å². The fourth-order valence-electron chi connectivity index (χ4n) is 2.81. The first kappa shape index (κ1) is 20.5. The molecule has 0 saturated carbocycles. The molecule has 2 amide bonds. The number of aryl methyl sites for hydroxylation is 1. The highest BCUT2D eigenvalue weighted by Crippen LogP contribution is 2.19. The number of hydrogen-bond acceptors (Lipinski definition) is 3. The predicted octanol–water partition coefficient (Wildman–Crippen LogP) is 3.67. The van der Waals surface area contributed by atoms with Crippen molar-refractivity contribution >= 4 is 11.8 Å². The third-order valence-electron chi connectivity index (χ3n) is 4.23. The van der Waals surface area contributed by atoms with Crippen molar-refractivity contribution in [3.63, 3.8) is 0 Å². The van der Waals surface area contributed by atoms with Crippen LogP contribution in [-0.4, -0.2) is 18.4 Å². The van der Waals surface area contributed by atoms with Gasteiger partial charge in [-0.3, -0.25) is 9.59 Å². The maximum Gasteiger partial charge on any atom is 0.222 e. The molecular weight excluding hydrogens is 340 g/mol. The average Bonchev–Trinajstić information content (AvgIpc) is 2.65. The maximum absolute atomic E-state index is 12.4. The Kier molecular flexibility index (Phi) is 7.86. The molecule has 5 heteroatoms. The van der Waals surface area contributed by atoms with Gasteiger partial charge in [-0.05, 0) is 42.2 Å². The molecule has 0 aliphatic heterocycles. The van der Waals surface area contributed by atoms with Gasteiger partial charge in [0.1, 0.15) is 5.75 Å². The molecule has 2 aromatic rings. The molecule has 0 bridgehead atoms. The molecule has 0 aliphatic carbocycles. The first-order valence-electron chi connectivity index (χ1n) is 9.30. The van der Waals surface area contributed by atoms with Gasteiger partial charge in [0.2, 0.25) is 11.8 Å². The molecule has 27 heavy (non-hydrogen) atoms. The Bertz CT molecular complexity index is 759. The quantitative estimate of drug-likeness (QED) is 0.710. The van der Waals surface area contributed by atoms with E-state index in [1.165, 1.54) is 6.92 Å². The molecule has 0 radical (unpaired) electrons. The summed E-state index contributed by atoms with van der Waals surface area (Å²) in [6.07, 6.45) is 1.16. The fraction of sp³-hybridized carbons (Fsp3) is 0.364. The highest BCUT2D eigenvalue weighted by molar-refractivity contribution is 5.79. The molecule has 144 valence electrons. The zero-order valence-electron chi connectivity index (χ0n) is 16.2. The molecule has 2 aromatic carbocycles. The SMILES string of the molecule is CCCOc1ccc(CNC(=O)C[C@@H](NC(C)=O)c2ccccc2)c(C)c1. The van der Waals surface area contributed by atoms with Gasteiger partial charge in [-0.2, -0.15) is 0 Å². The van der Waals surface area contributed by atoms with Crippen LogP contribution >= 0.6 is 0 Å². The first-order chi connectivity index (χ1) is 13.0. The largest absolute Gasteiger partial charge is 0.494 e. The van der Waals surface area contributed by atoms with Crippen LogP contribution in [0.2, 0.25) is 0 Å². The van der Waals surface area contributed by atoms with Crippen LogP contribution in [0.4, 0.5) is 0 Å². The Morgan fingerprint density at radius 2 is 1.85 bits per heavy atom. The van der Waals surface area contributed by atoms with Gasteiger partial charge in [-0.1, -0.05) is 43.3 Å². The second kappa shape index (κ2) is 10.4. The lowest BCUT2D eigenvalue weighted by Crippen LogP contribution is -2.32. The van der Waals surface area contributed by atoms with E-state index in [2.05, 4.69) is 17.6 Å². The zero-order valence-corrected chi connectivity index (χ0v) is 16.2. The molecule has 0 aromatic heterocycles. The van der Waals surface area contributed by atoms with Gasteiger partial charge < -0.3 is 15.4 Å². The Hall–Kier alpha value is -2.82. The van der Waals surface area contributed by atoms with Crippen LogP contribution in [0, 0.1) is 6.92 Å². The summed E-state index contributed by atoms with van der Waals surface area (Å²) < 4.78 is 5.63. The number of carbonyl (C=O) groups excluding carboxylic acids is 2. The third-order valence-corrected chi connectivity index (χ3v) is 4.23. The van der Waals surface area contributed by atoms with Gasteiger partial charge in [-0.15, -0.1) is 0 Å². The fourth-order valence-corrected chi connectivity index (χ4v) is 2.81. The lowest BCUT2D eigenvalue weighted by molar-refractivity contribution is -0.122. The van der Waals surface area contributed by atoms with E-state index in [1.807, 2.05) is 55.5 Å². The van der Waals surface area contributed by atoms with Crippen molar-refractivity contribution in [1.82, 2.24) is 10.6 Å². The van der Waals surface area contributed by atoms with Crippen LogP contribution in [0.25, 0.3) is 0 Å². The molecule has 5 nitrogen and oxygen atoms in total. The van der Waals surface area contributed by atoms with Gasteiger partial charge in [0, 0.05) is 13.5 Å². The Balaban J connectivity index is 1.95. The minimum Gasteiger partial charge on any atom is -0.494 e. The number of rotatable bonds is 9. The monoisotopic (exact) mass is 368 g/mol. The number of amides is 2. The Labute approximate surface area is 161 Å². The van der Waals surface area contributed by atoms with Crippen LogP contribution in [0.15, 0.2) is 48.5 Å². The second-order valence-corrected chi connectivity index (χ2v) is 6.58. The van der Waals surface area contributed by atoms with E-state index in [1.54, 1.807) is 0 Å². The number of ether oxygens (including phenoxy) is 1. The van der Waals surface area contributed by atoms with Crippen molar-refractivity contribution in [3.8, 4) is 5.75 Å². The van der Waals surface area contributed by atoms with E-state index in [-0.39, 0.29) is 24.3 Å². The standard InChI is InChI=1S/C22H28N2O3/c1-4-12-27-20-11-10-19(16(2)13-20)15-23-22(26)14-21(24-17(3)25)18-8-6-5-7-9-18/h5-11,13,21H,4,12,14-15H2,1-3H3,(H,23,26)(H,24,25)/t21-/m1/s1. The Morgan fingerprint density at radius 1 is 1.11 bits per heavy atom. The van der Waals surface area contributed by atoms with Crippen LogP contribution in [0.5, 0.6) is 5.75 Å². The van der Waals surface area contributed by atoms with Gasteiger partial charge >= 0.3 is 0 Å². The minimum atomic E-state index is -0.338. The molecule has 2 rings (SSSR count). The number of benzene rings is 2. The van der Waals surface area contributed by atoms with Gasteiger partial charge in [0.15, 0.2) is 0 Å². The zero-order chi connectivity index (χ0) is 19.6. The van der Waals surface area contributed by atoms with E-state index >= 15 is 0 Å². The van der Waals surface area contributed by atoms with Crippen LogP contribution < -0.4 is 15.4 Å². The number of carbonyl (C=O) groups is 2. The van der Waals surface area contributed by atoms with Crippen molar-refractivity contribution in [2.75, 3.05) is 6.61 Å². The minimum absolute atomic E-state index is 0.108. The van der Waals surface area contributed by atoms with Crippen LogP contribution in [-0.2, 0) is 16.1 Å². The van der Waals surface area contributed by atoms with E-state index in [0.717, 1.165) is 28.9 Å². The summed E-state index contributed by atoms with van der Waals surface area (Å²) in [5.41, 5.74) is 3.03. The Morgan fingerprint density at radius 3 is 2.48 bits per heavy atom. The molecule has 0 fully saturated rings. The number of nitrogens with one attached hydrogen (secondary N) is 2. The van der Waals surface area contributed by atoms with E-state index in [4.69, 9.17) is 4.74 Å². The van der Waals surface area contributed by atoms with Crippen LogP contribution in [0.3, 0.4) is 0 Å². The highest BCUT2D eigenvalue weighted by Gasteiger charge is 2.17. The molecule has 0 saturated heterocycles. The van der Waals surface area contributed by atoms with E-state index < -0.39 is 0 Å². The maximum atomic E-state index is 12.4. The average molecular weight is 368 g/mol. The summed E-state index contributed by atoms with van der Waals surface area (Å²) >= 11 is 0. The summed E-state index contributed by atoms with van der Waals surface area (Å²) in [5, 5.41) is 5.79. The van der Waals surface area contributed by atoms with Gasteiger partial charge in [-0.25, -0.2) is 0 Å². The van der Waals surface area contributed by atoms with Gasteiger partial charge in [0.25, 0.3) is 0 Å². The van der Waals surface area contributed by atoms with Gasteiger partial charge in [0.05, 0.1) is 19.1 Å². The smallest absolute Gasteiger partial charge is 0.222 e. The van der Waals surface area contributed by atoms with Crippen LogP contribution in [0.1, 0.15) is 49.4 Å². The molecule has 1 atom stereocenters. The molecule has 0 spiro atoms. The summed E-state index contributed by atoms with van der Waals surface area (Å²) in [4.78, 5) is 23.9. The lowest BCUT2D eigenvalue weighted by atomic mass is 10.0. The van der Waals surface area contributed by atoms with Crippen molar-refractivity contribution < 1.29 is 14.3 Å². The molecule has 0 unspecified atom stereocenters. The summed E-state index contributed by atoms with van der Waals surface area (Å²) in [6.45, 7) is 6.67. The van der Waals surface area contributed by atoms with E-state index in [9.17, 15) is 9.59 Å².